The van der Waals surface area contributed by atoms with Gasteiger partial charge >= 0.3 is 0 Å². The third kappa shape index (κ3) is 3.63. The second-order valence-electron chi connectivity index (χ2n) is 6.06. The van der Waals surface area contributed by atoms with Crippen LogP contribution in [0.3, 0.4) is 0 Å². The van der Waals surface area contributed by atoms with Crippen LogP contribution in [0.2, 0.25) is 0 Å². The first-order valence-electron chi connectivity index (χ1n) is 7.67. The van der Waals surface area contributed by atoms with Gasteiger partial charge in [0.25, 0.3) is 0 Å². The zero-order valence-electron chi connectivity index (χ0n) is 13.0. The van der Waals surface area contributed by atoms with Crippen LogP contribution in [0.4, 0.5) is 0 Å². The zero-order valence-corrected chi connectivity index (χ0v) is 13.0. The molecule has 0 radical (unpaired) electrons. The lowest BCUT2D eigenvalue weighted by Gasteiger charge is -2.39. The monoisotopic (exact) mass is 288 g/mol. The van der Waals surface area contributed by atoms with Crippen molar-refractivity contribution < 1.29 is 9.59 Å². The van der Waals surface area contributed by atoms with Gasteiger partial charge in [0.05, 0.1) is 0 Å². The SMILES string of the molecule is CCC1NC(=O)C(Cc2ccccc2)N(CC(C)C)C1=O. The van der Waals surface area contributed by atoms with Gasteiger partial charge in [0.15, 0.2) is 0 Å². The Morgan fingerprint density at radius 2 is 1.86 bits per heavy atom. The van der Waals surface area contributed by atoms with Gasteiger partial charge in [0.2, 0.25) is 11.8 Å². The molecule has 2 atom stereocenters. The molecule has 0 aromatic heterocycles. The Labute approximate surface area is 126 Å². The van der Waals surface area contributed by atoms with Crippen LogP contribution in [0.15, 0.2) is 30.3 Å². The topological polar surface area (TPSA) is 49.4 Å². The van der Waals surface area contributed by atoms with Crippen LogP contribution in [0.5, 0.6) is 0 Å². The summed E-state index contributed by atoms with van der Waals surface area (Å²) >= 11 is 0. The zero-order chi connectivity index (χ0) is 15.4. The first kappa shape index (κ1) is 15.5. The van der Waals surface area contributed by atoms with Crippen LogP contribution in [0.1, 0.15) is 32.8 Å². The molecule has 1 aromatic carbocycles. The van der Waals surface area contributed by atoms with Crippen molar-refractivity contribution >= 4 is 11.8 Å². The number of carbonyl (C=O) groups excluding carboxylic acids is 2. The predicted molar refractivity (Wildman–Crippen MR) is 82.7 cm³/mol. The van der Waals surface area contributed by atoms with Crippen molar-refractivity contribution in [2.24, 2.45) is 5.92 Å². The van der Waals surface area contributed by atoms with E-state index in [0.717, 1.165) is 5.56 Å². The summed E-state index contributed by atoms with van der Waals surface area (Å²) in [6, 6.07) is 9.09. The third-order valence-electron chi connectivity index (χ3n) is 3.82. The fraction of sp³-hybridized carbons (Fsp3) is 0.529. The van der Waals surface area contributed by atoms with E-state index < -0.39 is 6.04 Å². The van der Waals surface area contributed by atoms with Crippen molar-refractivity contribution in [1.29, 1.82) is 0 Å². The van der Waals surface area contributed by atoms with Crippen LogP contribution in [-0.2, 0) is 16.0 Å². The largest absolute Gasteiger partial charge is 0.343 e. The van der Waals surface area contributed by atoms with E-state index in [4.69, 9.17) is 0 Å². The molecule has 1 aliphatic rings. The van der Waals surface area contributed by atoms with Gasteiger partial charge in [-0.05, 0) is 17.9 Å². The van der Waals surface area contributed by atoms with E-state index >= 15 is 0 Å². The summed E-state index contributed by atoms with van der Waals surface area (Å²) in [5.74, 6) is 0.355. The van der Waals surface area contributed by atoms with Crippen molar-refractivity contribution in [1.82, 2.24) is 10.2 Å². The third-order valence-corrected chi connectivity index (χ3v) is 3.82. The highest BCUT2D eigenvalue weighted by atomic mass is 16.2. The van der Waals surface area contributed by atoms with Crippen molar-refractivity contribution in [3.05, 3.63) is 35.9 Å². The number of hydrogen-bond acceptors (Lipinski definition) is 2. The molecule has 2 unspecified atom stereocenters. The number of hydrogen-bond donors (Lipinski definition) is 1. The molecule has 0 bridgehead atoms. The highest BCUT2D eigenvalue weighted by Crippen LogP contribution is 2.18. The smallest absolute Gasteiger partial charge is 0.245 e. The molecule has 1 aliphatic heterocycles. The molecule has 1 fully saturated rings. The molecule has 0 aliphatic carbocycles. The highest BCUT2D eigenvalue weighted by molar-refractivity contribution is 5.97. The maximum atomic E-state index is 12.5. The molecule has 0 spiro atoms. The molecule has 1 heterocycles. The van der Waals surface area contributed by atoms with Gasteiger partial charge in [-0.15, -0.1) is 0 Å². The number of nitrogens with one attached hydrogen (secondary N) is 1. The molecular weight excluding hydrogens is 264 g/mol. The first-order valence-corrected chi connectivity index (χ1v) is 7.67. The Hall–Kier alpha value is -1.84. The average molecular weight is 288 g/mol. The molecule has 1 aromatic rings. The number of nitrogens with zero attached hydrogens (tertiary/aromatic N) is 1. The Bertz CT molecular complexity index is 499. The Morgan fingerprint density at radius 3 is 2.43 bits per heavy atom. The fourth-order valence-electron chi connectivity index (χ4n) is 2.75. The lowest BCUT2D eigenvalue weighted by Crippen LogP contribution is -2.64. The van der Waals surface area contributed by atoms with E-state index in [1.54, 1.807) is 4.90 Å². The summed E-state index contributed by atoms with van der Waals surface area (Å²) in [7, 11) is 0. The van der Waals surface area contributed by atoms with Crippen LogP contribution >= 0.6 is 0 Å². The van der Waals surface area contributed by atoms with E-state index in [1.165, 1.54) is 0 Å². The molecule has 0 saturated carbocycles. The Morgan fingerprint density at radius 1 is 1.19 bits per heavy atom. The van der Waals surface area contributed by atoms with E-state index in [0.29, 0.717) is 25.3 Å². The van der Waals surface area contributed by atoms with Crippen molar-refractivity contribution in [2.75, 3.05) is 6.54 Å². The second-order valence-corrected chi connectivity index (χ2v) is 6.06. The fourth-order valence-corrected chi connectivity index (χ4v) is 2.75. The minimum absolute atomic E-state index is 0.0362. The van der Waals surface area contributed by atoms with Crippen molar-refractivity contribution in [3.63, 3.8) is 0 Å². The van der Waals surface area contributed by atoms with Gasteiger partial charge in [-0.2, -0.15) is 0 Å². The minimum Gasteiger partial charge on any atom is -0.343 e. The van der Waals surface area contributed by atoms with Gasteiger partial charge in [-0.25, -0.2) is 0 Å². The first-order chi connectivity index (χ1) is 10.0. The van der Waals surface area contributed by atoms with E-state index in [9.17, 15) is 9.59 Å². The summed E-state index contributed by atoms with van der Waals surface area (Å²) in [4.78, 5) is 26.7. The quantitative estimate of drug-likeness (QED) is 0.901. The molecule has 2 rings (SSSR count). The molecule has 2 amide bonds. The van der Waals surface area contributed by atoms with Gasteiger partial charge in [-0.1, -0.05) is 51.1 Å². The maximum Gasteiger partial charge on any atom is 0.245 e. The standard InChI is InChI=1S/C17H24N2O2/c1-4-14-17(21)19(11-12(2)3)15(16(20)18-14)10-13-8-6-5-7-9-13/h5-9,12,14-15H,4,10-11H2,1-3H3,(H,18,20). The molecule has 21 heavy (non-hydrogen) atoms. The number of rotatable bonds is 5. The highest BCUT2D eigenvalue weighted by Gasteiger charge is 2.39. The normalized spacial score (nSPS) is 22.6. The minimum atomic E-state index is -0.398. The van der Waals surface area contributed by atoms with Crippen molar-refractivity contribution in [2.45, 2.75) is 45.7 Å². The number of amides is 2. The van der Waals surface area contributed by atoms with E-state index in [1.807, 2.05) is 37.3 Å². The molecular formula is C17H24N2O2. The van der Waals surface area contributed by atoms with Crippen molar-refractivity contribution in [3.8, 4) is 0 Å². The Balaban J connectivity index is 2.22. The van der Waals surface area contributed by atoms with Gasteiger partial charge in [-0.3, -0.25) is 9.59 Å². The number of piperazine rings is 1. The van der Waals surface area contributed by atoms with E-state index in [2.05, 4.69) is 19.2 Å². The van der Waals surface area contributed by atoms with Gasteiger partial charge in [0, 0.05) is 13.0 Å². The molecule has 1 N–H and O–H groups in total. The lowest BCUT2D eigenvalue weighted by molar-refractivity contribution is -0.150. The molecule has 1 saturated heterocycles. The lowest BCUT2D eigenvalue weighted by atomic mass is 9.97. The number of carbonyl (C=O) groups is 2. The van der Waals surface area contributed by atoms with E-state index in [-0.39, 0.29) is 17.9 Å². The van der Waals surface area contributed by atoms with Crippen LogP contribution in [-0.4, -0.2) is 35.3 Å². The van der Waals surface area contributed by atoms with Crippen LogP contribution in [0.25, 0.3) is 0 Å². The second kappa shape index (κ2) is 6.74. The molecule has 114 valence electrons. The summed E-state index contributed by atoms with van der Waals surface area (Å²) in [6.07, 6.45) is 1.21. The van der Waals surface area contributed by atoms with Gasteiger partial charge < -0.3 is 10.2 Å². The van der Waals surface area contributed by atoms with Crippen LogP contribution in [0, 0.1) is 5.92 Å². The summed E-state index contributed by atoms with van der Waals surface area (Å²) in [5.41, 5.74) is 1.08. The number of benzene rings is 1. The summed E-state index contributed by atoms with van der Waals surface area (Å²) in [6.45, 7) is 6.69. The molecule has 4 heteroatoms. The molecule has 4 nitrogen and oxygen atoms in total. The Kier molecular flexibility index (Phi) is 4.99. The average Bonchev–Trinajstić information content (AvgIpc) is 2.47. The predicted octanol–water partition coefficient (Wildman–Crippen LogP) is 1.99. The summed E-state index contributed by atoms with van der Waals surface area (Å²) < 4.78 is 0. The van der Waals surface area contributed by atoms with Crippen LogP contribution < -0.4 is 5.32 Å². The summed E-state index contributed by atoms with van der Waals surface area (Å²) in [5, 5.41) is 2.86. The maximum absolute atomic E-state index is 12.5. The van der Waals surface area contributed by atoms with Gasteiger partial charge in [0.1, 0.15) is 12.1 Å².